The normalized spacial score (nSPS) is 15.5. The number of nitriles is 1. The summed E-state index contributed by atoms with van der Waals surface area (Å²) in [4.78, 5) is 21.1. The molecule has 21 heavy (non-hydrogen) atoms. The highest BCUT2D eigenvalue weighted by atomic mass is 17.2. The summed E-state index contributed by atoms with van der Waals surface area (Å²) in [6.45, 7) is 12.8. The smallest absolute Gasteiger partial charge is 0.298 e. The molecule has 120 valence electrons. The molecule has 0 amide bonds. The lowest BCUT2D eigenvalue weighted by Crippen LogP contribution is -2.23. The van der Waals surface area contributed by atoms with Gasteiger partial charge in [0, 0.05) is 6.42 Å². The van der Waals surface area contributed by atoms with Gasteiger partial charge in [0.25, 0.3) is 0 Å². The molecule has 0 radical (unpaired) electrons. The first-order valence-electron chi connectivity index (χ1n) is 7.11. The fourth-order valence-corrected chi connectivity index (χ4v) is 1.18. The zero-order valence-corrected chi connectivity index (χ0v) is 14.2. The number of rotatable bonds is 6. The van der Waals surface area contributed by atoms with Gasteiger partial charge in [0.15, 0.2) is 5.54 Å². The van der Waals surface area contributed by atoms with Gasteiger partial charge in [-0.05, 0) is 61.3 Å². The van der Waals surface area contributed by atoms with Gasteiger partial charge in [-0.15, -0.1) is 0 Å². The first-order valence-corrected chi connectivity index (χ1v) is 7.11. The Balaban J connectivity index is 4.27. The van der Waals surface area contributed by atoms with Gasteiger partial charge in [-0.25, -0.2) is 4.79 Å². The van der Waals surface area contributed by atoms with E-state index in [1.165, 1.54) is 0 Å². The van der Waals surface area contributed by atoms with Gasteiger partial charge in [0.2, 0.25) is 0 Å². The van der Waals surface area contributed by atoms with Crippen LogP contribution in [0.1, 0.15) is 67.7 Å². The highest BCUT2D eigenvalue weighted by Gasteiger charge is 2.25. The van der Waals surface area contributed by atoms with Crippen molar-refractivity contribution in [2.45, 2.75) is 84.4 Å². The number of nitrogens with zero attached hydrogens (tertiary/aromatic N) is 3. The summed E-state index contributed by atoms with van der Waals surface area (Å²) in [5, 5.41) is 17.4. The summed E-state index contributed by atoms with van der Waals surface area (Å²) in [6.07, 6.45) is 1.10. The van der Waals surface area contributed by atoms with Crippen molar-refractivity contribution < 1.29 is 14.6 Å². The minimum Gasteiger partial charge on any atom is -0.298 e. The highest BCUT2D eigenvalue weighted by Crippen LogP contribution is 2.21. The minimum atomic E-state index is -0.918. The van der Waals surface area contributed by atoms with E-state index >= 15 is 0 Å². The van der Waals surface area contributed by atoms with E-state index in [4.69, 9.17) is 9.78 Å². The SMILES string of the molecule is CC(C)(C)N=NC(C)(C#N)CCCC(=O)OOC(C)(C)C. The van der Waals surface area contributed by atoms with Gasteiger partial charge < -0.3 is 0 Å². The summed E-state index contributed by atoms with van der Waals surface area (Å²) < 4.78 is 0. The Morgan fingerprint density at radius 1 is 1.10 bits per heavy atom. The molecule has 0 rings (SSSR count). The van der Waals surface area contributed by atoms with Crippen LogP contribution in [-0.4, -0.2) is 22.6 Å². The van der Waals surface area contributed by atoms with E-state index in [1.54, 1.807) is 27.7 Å². The van der Waals surface area contributed by atoms with Crippen molar-refractivity contribution >= 4 is 5.97 Å². The molecule has 0 saturated heterocycles. The monoisotopic (exact) mass is 297 g/mol. The van der Waals surface area contributed by atoms with E-state index in [1.807, 2.05) is 20.8 Å². The third-order valence-electron chi connectivity index (χ3n) is 2.24. The number of carbonyl (C=O) groups is 1. The van der Waals surface area contributed by atoms with Crippen LogP contribution in [0.2, 0.25) is 0 Å². The first kappa shape index (κ1) is 19.5. The molecule has 0 aliphatic heterocycles. The van der Waals surface area contributed by atoms with Crippen molar-refractivity contribution in [3.63, 3.8) is 0 Å². The predicted molar refractivity (Wildman–Crippen MR) is 79.4 cm³/mol. The fraction of sp³-hybridized carbons (Fsp3) is 0.867. The molecule has 0 aliphatic rings. The highest BCUT2D eigenvalue weighted by molar-refractivity contribution is 5.68. The molecular formula is C15H27N3O3. The molecular weight excluding hydrogens is 270 g/mol. The lowest BCUT2D eigenvalue weighted by molar-refractivity contribution is -0.320. The largest absolute Gasteiger partial charge is 0.342 e. The molecule has 0 aliphatic carbocycles. The van der Waals surface area contributed by atoms with Gasteiger partial charge >= 0.3 is 5.97 Å². The topological polar surface area (TPSA) is 84.0 Å². The van der Waals surface area contributed by atoms with Crippen LogP contribution in [0.25, 0.3) is 0 Å². The molecule has 0 fully saturated rings. The maximum atomic E-state index is 11.5. The maximum absolute atomic E-state index is 11.5. The van der Waals surface area contributed by atoms with E-state index < -0.39 is 17.1 Å². The zero-order chi connectivity index (χ0) is 16.7. The second-order valence-corrected chi connectivity index (χ2v) is 7.26. The molecule has 0 aromatic heterocycles. The summed E-state index contributed by atoms with van der Waals surface area (Å²) in [7, 11) is 0. The van der Waals surface area contributed by atoms with Crippen LogP contribution in [0.15, 0.2) is 10.2 Å². The molecule has 0 heterocycles. The lowest BCUT2D eigenvalue weighted by Gasteiger charge is -2.18. The van der Waals surface area contributed by atoms with Crippen LogP contribution in [0.3, 0.4) is 0 Å². The average Bonchev–Trinajstić information content (AvgIpc) is 2.32. The molecule has 6 heteroatoms. The van der Waals surface area contributed by atoms with Crippen LogP contribution < -0.4 is 0 Å². The fourth-order valence-electron chi connectivity index (χ4n) is 1.18. The predicted octanol–water partition coefficient (Wildman–Crippen LogP) is 3.96. The summed E-state index contributed by atoms with van der Waals surface area (Å²) in [5.41, 5.74) is -1.77. The Morgan fingerprint density at radius 2 is 1.67 bits per heavy atom. The third-order valence-corrected chi connectivity index (χ3v) is 2.24. The Morgan fingerprint density at radius 3 is 2.10 bits per heavy atom. The molecule has 1 atom stereocenters. The van der Waals surface area contributed by atoms with Crippen LogP contribution in [0.4, 0.5) is 0 Å². The van der Waals surface area contributed by atoms with Crippen molar-refractivity contribution in [3.05, 3.63) is 0 Å². The van der Waals surface area contributed by atoms with Crippen molar-refractivity contribution in [3.8, 4) is 6.07 Å². The van der Waals surface area contributed by atoms with Gasteiger partial charge in [-0.1, -0.05) is 0 Å². The van der Waals surface area contributed by atoms with E-state index in [0.717, 1.165) is 0 Å². The zero-order valence-electron chi connectivity index (χ0n) is 14.2. The Hall–Kier alpha value is -1.48. The van der Waals surface area contributed by atoms with Crippen molar-refractivity contribution in [1.29, 1.82) is 5.26 Å². The molecule has 0 aromatic rings. The molecule has 0 bridgehead atoms. The lowest BCUT2D eigenvalue weighted by atomic mass is 9.98. The van der Waals surface area contributed by atoms with E-state index in [0.29, 0.717) is 12.8 Å². The quantitative estimate of drug-likeness (QED) is 0.422. The van der Waals surface area contributed by atoms with Crippen LogP contribution in [-0.2, 0) is 14.6 Å². The Labute approximate surface area is 127 Å². The maximum Gasteiger partial charge on any atom is 0.342 e. The minimum absolute atomic E-state index is 0.179. The van der Waals surface area contributed by atoms with E-state index in [9.17, 15) is 10.1 Å². The summed E-state index contributed by atoms with van der Waals surface area (Å²) in [5.74, 6) is -0.446. The van der Waals surface area contributed by atoms with Gasteiger partial charge in [-0.3, -0.25) is 4.89 Å². The number of azo groups is 1. The Kier molecular flexibility index (Phi) is 6.98. The summed E-state index contributed by atoms with van der Waals surface area (Å²) >= 11 is 0. The second-order valence-electron chi connectivity index (χ2n) is 7.26. The summed E-state index contributed by atoms with van der Waals surface area (Å²) in [6, 6.07) is 2.14. The molecule has 0 N–H and O–H groups in total. The molecule has 0 aromatic carbocycles. The third kappa shape index (κ3) is 10.9. The van der Waals surface area contributed by atoms with Crippen molar-refractivity contribution in [1.82, 2.24) is 0 Å². The van der Waals surface area contributed by atoms with Gasteiger partial charge in [0.05, 0.1) is 11.6 Å². The molecule has 0 spiro atoms. The molecule has 1 unspecified atom stereocenters. The van der Waals surface area contributed by atoms with Crippen molar-refractivity contribution in [2.75, 3.05) is 0 Å². The van der Waals surface area contributed by atoms with E-state index in [2.05, 4.69) is 16.3 Å². The standard InChI is InChI=1S/C15H27N3O3/c1-13(2,3)17-18-15(7,11-16)10-8-9-12(19)20-21-14(4,5)6/h8-10H2,1-7H3. The van der Waals surface area contributed by atoms with Crippen LogP contribution in [0, 0.1) is 11.3 Å². The molecule has 6 nitrogen and oxygen atoms in total. The number of hydrogen-bond acceptors (Lipinski definition) is 6. The Bertz CT molecular complexity index is 413. The van der Waals surface area contributed by atoms with Crippen LogP contribution >= 0.6 is 0 Å². The van der Waals surface area contributed by atoms with Crippen molar-refractivity contribution in [2.24, 2.45) is 10.2 Å². The number of carbonyl (C=O) groups excluding carboxylic acids is 1. The van der Waals surface area contributed by atoms with Gasteiger partial charge in [0.1, 0.15) is 5.60 Å². The number of hydrogen-bond donors (Lipinski definition) is 0. The second kappa shape index (κ2) is 7.51. The first-order chi connectivity index (χ1) is 9.37. The van der Waals surface area contributed by atoms with E-state index in [-0.39, 0.29) is 12.0 Å². The average molecular weight is 297 g/mol. The van der Waals surface area contributed by atoms with Crippen LogP contribution in [0.5, 0.6) is 0 Å². The molecule has 0 saturated carbocycles. The van der Waals surface area contributed by atoms with Gasteiger partial charge in [-0.2, -0.15) is 20.4 Å².